The van der Waals surface area contributed by atoms with Crippen LogP contribution >= 0.6 is 0 Å². The summed E-state index contributed by atoms with van der Waals surface area (Å²) >= 11 is 0. The molecule has 234 valence electrons. The number of nitrogens with zero attached hydrogens (tertiary/aromatic N) is 4. The van der Waals surface area contributed by atoms with E-state index in [-0.39, 0.29) is 0 Å². The zero-order chi connectivity index (χ0) is 33.5. The summed E-state index contributed by atoms with van der Waals surface area (Å²) in [4.78, 5) is 15.2. The number of ether oxygens (including phenoxy) is 1. The molecule has 7 aromatic carbocycles. The fourth-order valence-corrected chi connectivity index (χ4v) is 7.18. The highest BCUT2D eigenvalue weighted by Gasteiger charge is 2.46. The number of fused-ring (bicyclic) bond motifs is 3. The Bertz CT molecular complexity index is 2540. The zero-order valence-corrected chi connectivity index (χ0v) is 26.9. The average molecular weight is 641 g/mol. The Kier molecular flexibility index (Phi) is 7.00. The van der Waals surface area contributed by atoms with Gasteiger partial charge in [-0.1, -0.05) is 127 Å². The van der Waals surface area contributed by atoms with Gasteiger partial charge in [-0.25, -0.2) is 15.0 Å². The summed E-state index contributed by atoms with van der Waals surface area (Å²) in [6.07, 6.45) is 0. The maximum Gasteiger partial charge on any atom is 0.167 e. The molecule has 0 saturated heterocycles. The number of para-hydroxylation sites is 2. The number of hydrogen-bond acceptors (Lipinski definition) is 5. The number of hydrogen-bond donors (Lipinski definition) is 0. The van der Waals surface area contributed by atoms with Crippen molar-refractivity contribution >= 4 is 10.8 Å². The highest BCUT2D eigenvalue weighted by Crippen LogP contribution is 2.57. The smallest absolute Gasteiger partial charge is 0.167 e. The largest absolute Gasteiger partial charge is 0.456 e. The molecule has 0 atom stereocenters. The molecule has 0 radical (unpaired) electrons. The van der Waals surface area contributed by atoms with E-state index in [4.69, 9.17) is 19.7 Å². The Morgan fingerprint density at radius 1 is 0.480 bits per heavy atom. The highest BCUT2D eigenvalue weighted by atomic mass is 16.5. The molecule has 9 rings (SSSR count). The monoisotopic (exact) mass is 640 g/mol. The first kappa shape index (κ1) is 29.3. The molecule has 0 unspecified atom stereocenters. The first-order valence-electron chi connectivity index (χ1n) is 16.5. The van der Waals surface area contributed by atoms with Gasteiger partial charge in [0, 0.05) is 22.3 Å². The van der Waals surface area contributed by atoms with Crippen LogP contribution < -0.4 is 4.74 Å². The third kappa shape index (κ3) is 4.74. The molecular formula is C45H28N4O. The van der Waals surface area contributed by atoms with Crippen LogP contribution in [0.1, 0.15) is 27.8 Å². The fraction of sp³-hybridized carbons (Fsp3) is 0.0222. The van der Waals surface area contributed by atoms with Gasteiger partial charge in [-0.15, -0.1) is 0 Å². The third-order valence-corrected chi connectivity index (χ3v) is 9.49. The fourth-order valence-electron chi connectivity index (χ4n) is 7.18. The minimum Gasteiger partial charge on any atom is -0.456 e. The van der Waals surface area contributed by atoms with Crippen molar-refractivity contribution in [2.24, 2.45) is 0 Å². The van der Waals surface area contributed by atoms with Crippen LogP contribution in [-0.2, 0) is 5.41 Å². The summed E-state index contributed by atoms with van der Waals surface area (Å²) in [6, 6.07) is 59.8. The number of aromatic nitrogens is 3. The van der Waals surface area contributed by atoms with Gasteiger partial charge in [0.1, 0.15) is 11.5 Å². The first-order valence-corrected chi connectivity index (χ1v) is 16.5. The molecule has 1 aromatic heterocycles. The molecular weight excluding hydrogens is 613 g/mol. The predicted octanol–water partition coefficient (Wildman–Crippen LogP) is 10.4. The molecule has 2 heterocycles. The van der Waals surface area contributed by atoms with Crippen LogP contribution in [0.5, 0.6) is 11.5 Å². The van der Waals surface area contributed by atoms with Gasteiger partial charge in [-0.2, -0.15) is 5.26 Å². The van der Waals surface area contributed by atoms with Crippen molar-refractivity contribution in [3.63, 3.8) is 0 Å². The van der Waals surface area contributed by atoms with Crippen molar-refractivity contribution in [3.05, 3.63) is 198 Å². The molecule has 1 aliphatic heterocycles. The van der Waals surface area contributed by atoms with Gasteiger partial charge >= 0.3 is 0 Å². The molecule has 0 bridgehead atoms. The molecule has 1 aliphatic rings. The van der Waals surface area contributed by atoms with Crippen LogP contribution in [0, 0.1) is 11.3 Å². The normalized spacial score (nSPS) is 12.7. The lowest BCUT2D eigenvalue weighted by molar-refractivity contribution is 0.436. The number of nitriles is 1. The lowest BCUT2D eigenvalue weighted by Gasteiger charge is -2.42. The lowest BCUT2D eigenvalue weighted by atomic mass is 9.63. The minimum absolute atomic E-state index is 0.494. The van der Waals surface area contributed by atoms with Crippen molar-refractivity contribution in [3.8, 4) is 51.7 Å². The average Bonchev–Trinajstić information content (AvgIpc) is 3.20. The van der Waals surface area contributed by atoms with Crippen LogP contribution in [0.4, 0.5) is 0 Å². The van der Waals surface area contributed by atoms with E-state index in [1.165, 1.54) is 0 Å². The van der Waals surface area contributed by atoms with E-state index in [9.17, 15) is 5.26 Å². The highest BCUT2D eigenvalue weighted by molar-refractivity contribution is 5.87. The SMILES string of the molecule is N#Cc1ccc(-c2nc(-c3ccc4ccccc4c3)nc(-c3cccc4c3Oc3ccccc3C4(c3ccccc3)c3ccccc3)n2)cc1. The molecule has 0 saturated carbocycles. The van der Waals surface area contributed by atoms with Crippen molar-refractivity contribution in [1.82, 2.24) is 15.0 Å². The van der Waals surface area contributed by atoms with E-state index in [0.717, 1.165) is 55.5 Å². The molecule has 0 spiro atoms. The molecule has 0 aliphatic carbocycles. The molecule has 5 nitrogen and oxygen atoms in total. The Morgan fingerprint density at radius 3 is 1.78 bits per heavy atom. The summed E-state index contributed by atoms with van der Waals surface area (Å²) in [7, 11) is 0. The van der Waals surface area contributed by atoms with E-state index in [0.29, 0.717) is 28.8 Å². The van der Waals surface area contributed by atoms with Gasteiger partial charge in [-0.05, 0) is 64.4 Å². The van der Waals surface area contributed by atoms with E-state index in [1.807, 2.05) is 48.5 Å². The molecule has 50 heavy (non-hydrogen) atoms. The van der Waals surface area contributed by atoms with Crippen molar-refractivity contribution < 1.29 is 4.74 Å². The van der Waals surface area contributed by atoms with Gasteiger partial charge in [0.05, 0.1) is 22.6 Å². The Hall–Kier alpha value is -6.90. The Morgan fingerprint density at radius 2 is 1.06 bits per heavy atom. The van der Waals surface area contributed by atoms with Crippen LogP contribution in [-0.4, -0.2) is 15.0 Å². The van der Waals surface area contributed by atoms with E-state index in [2.05, 4.69) is 115 Å². The quantitative estimate of drug-likeness (QED) is 0.187. The van der Waals surface area contributed by atoms with Crippen LogP contribution in [0.3, 0.4) is 0 Å². The van der Waals surface area contributed by atoms with E-state index in [1.54, 1.807) is 12.1 Å². The van der Waals surface area contributed by atoms with E-state index < -0.39 is 5.41 Å². The van der Waals surface area contributed by atoms with Crippen molar-refractivity contribution in [1.29, 1.82) is 5.26 Å². The number of benzene rings is 7. The molecule has 0 amide bonds. The summed E-state index contributed by atoms with van der Waals surface area (Å²) in [5.41, 5.74) is 6.64. The molecule has 8 aromatic rings. The van der Waals surface area contributed by atoms with Gasteiger partial charge in [0.15, 0.2) is 17.5 Å². The summed E-state index contributed by atoms with van der Waals surface area (Å²) in [5.74, 6) is 3.02. The van der Waals surface area contributed by atoms with Crippen molar-refractivity contribution in [2.75, 3.05) is 0 Å². The topological polar surface area (TPSA) is 71.7 Å². The van der Waals surface area contributed by atoms with Gasteiger partial charge in [-0.3, -0.25) is 0 Å². The van der Waals surface area contributed by atoms with Gasteiger partial charge in [0.25, 0.3) is 0 Å². The van der Waals surface area contributed by atoms with Crippen LogP contribution in [0.15, 0.2) is 170 Å². The second-order valence-corrected chi connectivity index (χ2v) is 12.3. The Balaban J connectivity index is 1.32. The second-order valence-electron chi connectivity index (χ2n) is 12.3. The molecule has 5 heteroatoms. The van der Waals surface area contributed by atoms with Crippen LogP contribution in [0.25, 0.3) is 44.9 Å². The number of rotatable bonds is 5. The first-order chi connectivity index (χ1) is 24.7. The van der Waals surface area contributed by atoms with Crippen LogP contribution in [0.2, 0.25) is 0 Å². The predicted molar refractivity (Wildman–Crippen MR) is 197 cm³/mol. The lowest BCUT2D eigenvalue weighted by Crippen LogP contribution is -2.34. The molecule has 0 N–H and O–H groups in total. The zero-order valence-electron chi connectivity index (χ0n) is 26.9. The third-order valence-electron chi connectivity index (χ3n) is 9.49. The van der Waals surface area contributed by atoms with Gasteiger partial charge < -0.3 is 4.74 Å². The van der Waals surface area contributed by atoms with Gasteiger partial charge in [0.2, 0.25) is 0 Å². The summed E-state index contributed by atoms with van der Waals surface area (Å²) in [5, 5.41) is 11.7. The Labute approximate surface area is 289 Å². The second kappa shape index (κ2) is 12.0. The standard InChI is InChI=1S/C45H28N4O/c46-29-30-22-24-32(25-23-30)42-47-43(34-27-26-31-12-7-8-13-33(31)28-34)49-44(48-42)37-18-11-20-39-41(37)50-40-21-10-9-19-38(40)45(39,35-14-3-1-4-15-35)36-16-5-2-6-17-36/h1-28H. The summed E-state index contributed by atoms with van der Waals surface area (Å²) in [6.45, 7) is 0. The molecule has 0 fully saturated rings. The summed E-state index contributed by atoms with van der Waals surface area (Å²) < 4.78 is 6.90. The maximum atomic E-state index is 9.46. The van der Waals surface area contributed by atoms with Crippen molar-refractivity contribution in [2.45, 2.75) is 5.41 Å². The van der Waals surface area contributed by atoms with E-state index >= 15 is 0 Å². The minimum atomic E-state index is -0.674. The maximum absolute atomic E-state index is 9.46.